The van der Waals surface area contributed by atoms with Gasteiger partial charge in [-0.05, 0) is 6.42 Å². The fourth-order valence-corrected chi connectivity index (χ4v) is 3.15. The van der Waals surface area contributed by atoms with E-state index in [0.717, 1.165) is 13.0 Å². The summed E-state index contributed by atoms with van der Waals surface area (Å²) in [5.74, 6) is -0.285. The van der Waals surface area contributed by atoms with Gasteiger partial charge in [0, 0.05) is 20.6 Å². The summed E-state index contributed by atoms with van der Waals surface area (Å²) in [6.45, 7) is 5.23. The Bertz CT molecular complexity index is 294. The van der Waals surface area contributed by atoms with Crippen LogP contribution in [0.1, 0.15) is 104 Å². The first-order chi connectivity index (χ1) is 12.7. The Morgan fingerprint density at radius 2 is 1.19 bits per heavy atom. The summed E-state index contributed by atoms with van der Waals surface area (Å²) >= 11 is 0. The number of ether oxygens (including phenoxy) is 3. The maximum absolute atomic E-state index is 11.0. The van der Waals surface area contributed by atoms with Gasteiger partial charge in [0.25, 0.3) is 0 Å². The fourth-order valence-electron chi connectivity index (χ4n) is 3.15. The number of esters is 1. The third kappa shape index (κ3) is 19.7. The van der Waals surface area contributed by atoms with E-state index in [9.17, 15) is 4.79 Å². The van der Waals surface area contributed by atoms with Crippen molar-refractivity contribution in [3.05, 3.63) is 0 Å². The van der Waals surface area contributed by atoms with Crippen LogP contribution in [0.4, 0.5) is 0 Å². The zero-order valence-electron chi connectivity index (χ0n) is 17.7. The van der Waals surface area contributed by atoms with Gasteiger partial charge in [0.05, 0.1) is 13.2 Å². The smallest absolute Gasteiger partial charge is 0.303 e. The van der Waals surface area contributed by atoms with E-state index in [-0.39, 0.29) is 12.1 Å². The first-order valence-electron chi connectivity index (χ1n) is 10.9. The van der Waals surface area contributed by atoms with Crippen molar-refractivity contribution < 1.29 is 19.0 Å². The molecule has 0 radical (unpaired) electrons. The molecular formula is C22H44O4. The molecule has 0 aromatic carbocycles. The van der Waals surface area contributed by atoms with Gasteiger partial charge in [-0.3, -0.25) is 4.79 Å². The van der Waals surface area contributed by atoms with E-state index in [1.165, 1.54) is 90.4 Å². The molecule has 0 fully saturated rings. The van der Waals surface area contributed by atoms with E-state index in [1.54, 1.807) is 7.11 Å². The predicted molar refractivity (Wildman–Crippen MR) is 109 cm³/mol. The predicted octanol–water partition coefficient (Wildman–Crippen LogP) is 6.06. The van der Waals surface area contributed by atoms with Gasteiger partial charge in [-0.2, -0.15) is 0 Å². The number of methoxy groups -OCH3 is 1. The van der Waals surface area contributed by atoms with Crippen LogP contribution in [-0.4, -0.2) is 39.0 Å². The van der Waals surface area contributed by atoms with Crippen molar-refractivity contribution in [3.63, 3.8) is 0 Å². The Hall–Kier alpha value is -0.610. The van der Waals surface area contributed by atoms with Crippen LogP contribution < -0.4 is 0 Å². The van der Waals surface area contributed by atoms with E-state index in [2.05, 4.69) is 6.92 Å². The third-order valence-corrected chi connectivity index (χ3v) is 4.63. The van der Waals surface area contributed by atoms with Crippen LogP contribution >= 0.6 is 0 Å². The highest BCUT2D eigenvalue weighted by Gasteiger charge is 2.11. The quantitative estimate of drug-likeness (QED) is 0.192. The standard InChI is InChI=1S/C22H44O4/c1-4-5-6-7-8-9-10-11-12-13-14-15-16-17-18-25-20-22(19-24-3)26-21(2)23/h22H,4-20H2,1-3H3. The zero-order chi connectivity index (χ0) is 19.3. The fraction of sp³-hybridized carbons (Fsp3) is 0.955. The van der Waals surface area contributed by atoms with Crippen molar-refractivity contribution in [3.8, 4) is 0 Å². The molecule has 0 spiro atoms. The second-order valence-corrected chi connectivity index (χ2v) is 7.36. The maximum Gasteiger partial charge on any atom is 0.303 e. The number of rotatable bonds is 20. The number of carbonyl (C=O) groups excluding carboxylic acids is 1. The molecule has 0 N–H and O–H groups in total. The molecule has 156 valence electrons. The number of carbonyl (C=O) groups is 1. The van der Waals surface area contributed by atoms with Gasteiger partial charge in [-0.1, -0.05) is 90.4 Å². The summed E-state index contributed by atoms with van der Waals surface area (Å²) in [5.41, 5.74) is 0. The van der Waals surface area contributed by atoms with Gasteiger partial charge < -0.3 is 14.2 Å². The lowest BCUT2D eigenvalue weighted by Crippen LogP contribution is -2.27. The molecule has 1 atom stereocenters. The average Bonchev–Trinajstić information content (AvgIpc) is 2.61. The molecule has 0 aliphatic rings. The SMILES string of the molecule is CCCCCCCCCCCCCCCCOCC(COC)OC(C)=O. The van der Waals surface area contributed by atoms with Crippen LogP contribution in [0.2, 0.25) is 0 Å². The molecule has 0 aliphatic carbocycles. The Labute approximate surface area is 162 Å². The van der Waals surface area contributed by atoms with Crippen LogP contribution in [0.3, 0.4) is 0 Å². The highest BCUT2D eigenvalue weighted by atomic mass is 16.6. The second-order valence-electron chi connectivity index (χ2n) is 7.36. The first-order valence-corrected chi connectivity index (χ1v) is 10.9. The molecule has 0 aromatic heterocycles. The summed E-state index contributed by atoms with van der Waals surface area (Å²) < 4.78 is 15.8. The minimum Gasteiger partial charge on any atom is -0.458 e. The van der Waals surface area contributed by atoms with Gasteiger partial charge in [0.2, 0.25) is 0 Å². The molecule has 0 amide bonds. The van der Waals surface area contributed by atoms with Gasteiger partial charge in [-0.25, -0.2) is 0 Å². The van der Waals surface area contributed by atoms with E-state index in [0.29, 0.717) is 13.2 Å². The summed E-state index contributed by atoms with van der Waals surface area (Å²) in [4.78, 5) is 11.0. The molecule has 0 aromatic rings. The highest BCUT2D eigenvalue weighted by Crippen LogP contribution is 2.13. The largest absolute Gasteiger partial charge is 0.458 e. The van der Waals surface area contributed by atoms with Crippen LogP contribution in [0.25, 0.3) is 0 Å². The molecule has 4 heteroatoms. The van der Waals surface area contributed by atoms with Gasteiger partial charge >= 0.3 is 5.97 Å². The third-order valence-electron chi connectivity index (χ3n) is 4.63. The van der Waals surface area contributed by atoms with Crippen molar-refractivity contribution >= 4 is 5.97 Å². The maximum atomic E-state index is 11.0. The summed E-state index contributed by atoms with van der Waals surface area (Å²) in [6, 6.07) is 0. The molecule has 1 unspecified atom stereocenters. The topological polar surface area (TPSA) is 44.8 Å². The van der Waals surface area contributed by atoms with Gasteiger partial charge in [0.15, 0.2) is 0 Å². The minimum atomic E-state index is -0.288. The molecule has 4 nitrogen and oxygen atoms in total. The zero-order valence-corrected chi connectivity index (χ0v) is 17.7. The molecule has 0 heterocycles. The van der Waals surface area contributed by atoms with Gasteiger partial charge in [-0.15, -0.1) is 0 Å². The van der Waals surface area contributed by atoms with Crippen molar-refractivity contribution in [1.29, 1.82) is 0 Å². The van der Waals surface area contributed by atoms with Gasteiger partial charge in [0.1, 0.15) is 6.10 Å². The minimum absolute atomic E-state index is 0.285. The van der Waals surface area contributed by atoms with Crippen LogP contribution in [-0.2, 0) is 19.0 Å². The van der Waals surface area contributed by atoms with Crippen molar-refractivity contribution in [2.45, 2.75) is 110 Å². The second kappa shape index (κ2) is 20.7. The lowest BCUT2D eigenvalue weighted by atomic mass is 10.0. The molecular weight excluding hydrogens is 328 g/mol. The van der Waals surface area contributed by atoms with E-state index in [4.69, 9.17) is 14.2 Å². The van der Waals surface area contributed by atoms with E-state index < -0.39 is 0 Å². The lowest BCUT2D eigenvalue weighted by Gasteiger charge is -2.16. The lowest BCUT2D eigenvalue weighted by molar-refractivity contribution is -0.152. The monoisotopic (exact) mass is 372 g/mol. The summed E-state index contributed by atoms with van der Waals surface area (Å²) in [7, 11) is 1.60. The molecule has 0 bridgehead atoms. The summed E-state index contributed by atoms with van der Waals surface area (Å²) in [5, 5.41) is 0. The Kier molecular flexibility index (Phi) is 20.2. The summed E-state index contributed by atoms with van der Waals surface area (Å²) in [6.07, 6.45) is 18.7. The van der Waals surface area contributed by atoms with Crippen molar-refractivity contribution in [2.75, 3.05) is 26.9 Å². The number of hydrogen-bond acceptors (Lipinski definition) is 4. The molecule has 0 saturated carbocycles. The van der Waals surface area contributed by atoms with Crippen LogP contribution in [0.15, 0.2) is 0 Å². The van der Waals surface area contributed by atoms with E-state index >= 15 is 0 Å². The number of hydrogen-bond donors (Lipinski definition) is 0. The Balaban J connectivity index is 3.22. The molecule has 0 aliphatic heterocycles. The first kappa shape index (κ1) is 25.4. The van der Waals surface area contributed by atoms with Crippen LogP contribution in [0, 0.1) is 0 Å². The molecule has 26 heavy (non-hydrogen) atoms. The normalized spacial score (nSPS) is 12.3. The Morgan fingerprint density at radius 3 is 1.62 bits per heavy atom. The molecule has 0 rings (SSSR count). The number of unbranched alkanes of at least 4 members (excludes halogenated alkanes) is 13. The van der Waals surface area contributed by atoms with Crippen LogP contribution in [0.5, 0.6) is 0 Å². The highest BCUT2D eigenvalue weighted by molar-refractivity contribution is 5.66. The Morgan fingerprint density at radius 1 is 0.731 bits per heavy atom. The van der Waals surface area contributed by atoms with Crippen molar-refractivity contribution in [2.24, 2.45) is 0 Å². The average molecular weight is 373 g/mol. The van der Waals surface area contributed by atoms with Crippen molar-refractivity contribution in [1.82, 2.24) is 0 Å². The molecule has 0 saturated heterocycles. The van der Waals surface area contributed by atoms with E-state index in [1.807, 2.05) is 0 Å².